The number of carbonyl (C=O) groups excluding carboxylic acids is 1. The molecule has 5 atom stereocenters. The van der Waals surface area contributed by atoms with Crippen LogP contribution in [-0.4, -0.2) is 28.3 Å². The second-order valence-electron chi connectivity index (χ2n) is 11.3. The molecule has 0 aliphatic heterocycles. The number of phenols is 1. The molecule has 34 heavy (non-hydrogen) atoms. The van der Waals surface area contributed by atoms with E-state index in [1.54, 1.807) is 30.3 Å². The van der Waals surface area contributed by atoms with E-state index in [1.165, 1.54) is 11.6 Å². The summed E-state index contributed by atoms with van der Waals surface area (Å²) in [5.41, 5.74) is 2.19. The predicted molar refractivity (Wildman–Crippen MR) is 134 cm³/mol. The number of aromatic hydroxyl groups is 1. The van der Waals surface area contributed by atoms with Crippen molar-refractivity contribution in [2.45, 2.75) is 79.2 Å². The average molecular weight is 469 g/mol. The number of carbonyl (C=O) groups is 2. The fourth-order valence-electron chi connectivity index (χ4n) is 6.57. The van der Waals surface area contributed by atoms with Crippen LogP contribution in [0.25, 0.3) is 6.08 Å². The number of allylic oxidation sites excluding steroid dienone is 2. The Bertz CT molecular complexity index is 942. The molecule has 0 aromatic heterocycles. The van der Waals surface area contributed by atoms with Crippen molar-refractivity contribution in [3.63, 3.8) is 0 Å². The summed E-state index contributed by atoms with van der Waals surface area (Å²) in [6, 6.07) is 6.69. The summed E-state index contributed by atoms with van der Waals surface area (Å²) in [4.78, 5) is 23.7. The molecule has 2 N–H and O–H groups in total. The lowest BCUT2D eigenvalue weighted by Crippen LogP contribution is -2.55. The monoisotopic (exact) mass is 468 g/mol. The fraction of sp³-hybridized carbons (Fsp3) is 0.586. The Hall–Kier alpha value is -2.56. The van der Waals surface area contributed by atoms with Crippen LogP contribution in [0.2, 0.25) is 0 Å². The minimum atomic E-state index is -0.726. The van der Waals surface area contributed by atoms with Crippen molar-refractivity contribution in [1.29, 1.82) is 0 Å². The van der Waals surface area contributed by atoms with Crippen molar-refractivity contribution in [1.82, 2.24) is 0 Å². The smallest absolute Gasteiger partial charge is 0.331 e. The molecule has 3 rings (SSSR count). The normalized spacial score (nSPS) is 29.2. The number of rotatable bonds is 8. The van der Waals surface area contributed by atoms with E-state index in [2.05, 4.69) is 33.8 Å². The van der Waals surface area contributed by atoms with Crippen molar-refractivity contribution in [2.24, 2.45) is 28.6 Å². The molecule has 1 aromatic carbocycles. The number of esters is 1. The number of fused-ring (bicyclic) bond motifs is 1. The van der Waals surface area contributed by atoms with Gasteiger partial charge in [-0.2, -0.15) is 0 Å². The predicted octanol–water partition coefficient (Wildman–Crippen LogP) is 6.62. The number of hydrogen-bond acceptors (Lipinski definition) is 4. The average Bonchev–Trinajstić information content (AvgIpc) is 2.74. The van der Waals surface area contributed by atoms with Crippen molar-refractivity contribution in [2.75, 3.05) is 0 Å². The minimum Gasteiger partial charge on any atom is -0.508 e. The van der Waals surface area contributed by atoms with Gasteiger partial charge in [0.2, 0.25) is 0 Å². The van der Waals surface area contributed by atoms with Crippen molar-refractivity contribution >= 4 is 18.0 Å². The lowest BCUT2D eigenvalue weighted by Gasteiger charge is -2.59. The van der Waals surface area contributed by atoms with Crippen LogP contribution in [0.15, 0.2) is 42.0 Å². The number of phenolic OH excluding ortho intramolecular Hbond substituents is 1. The summed E-state index contributed by atoms with van der Waals surface area (Å²) in [5, 5.41) is 18.5. The van der Waals surface area contributed by atoms with Crippen LogP contribution in [0.4, 0.5) is 0 Å². The van der Waals surface area contributed by atoms with Crippen LogP contribution in [0.5, 0.6) is 5.75 Å². The Kier molecular flexibility index (Phi) is 7.95. The number of carboxylic acid groups (broad SMARTS) is 1. The second kappa shape index (κ2) is 10.4. The molecule has 5 heteroatoms. The highest BCUT2D eigenvalue weighted by atomic mass is 16.5. The summed E-state index contributed by atoms with van der Waals surface area (Å²) in [6.07, 6.45) is 10.3. The number of carboxylic acids is 1. The van der Waals surface area contributed by atoms with Crippen LogP contribution in [0, 0.1) is 28.6 Å². The Balaban J connectivity index is 1.69. The fourth-order valence-corrected chi connectivity index (χ4v) is 6.57. The van der Waals surface area contributed by atoms with Gasteiger partial charge in [0.25, 0.3) is 0 Å². The summed E-state index contributed by atoms with van der Waals surface area (Å²) in [6.45, 7) is 11.1. The number of aliphatic carboxylic acids is 1. The van der Waals surface area contributed by atoms with Gasteiger partial charge in [0, 0.05) is 17.9 Å². The molecular formula is C29H40O5. The molecule has 0 heterocycles. The maximum absolute atomic E-state index is 12.6. The van der Waals surface area contributed by atoms with Gasteiger partial charge >= 0.3 is 11.9 Å². The topological polar surface area (TPSA) is 83.8 Å². The summed E-state index contributed by atoms with van der Waals surface area (Å²) < 4.78 is 5.99. The van der Waals surface area contributed by atoms with Crippen LogP contribution >= 0.6 is 0 Å². The van der Waals surface area contributed by atoms with Gasteiger partial charge in [-0.15, -0.1) is 0 Å². The van der Waals surface area contributed by atoms with Gasteiger partial charge in [-0.1, -0.05) is 51.5 Å². The SMILES string of the molecule is CC1=CCC2C(C)(C)C(OC(=O)C=Cc3ccc(O)cc3)CCC2(C)C1CCC(C)CC(=O)O. The quantitative estimate of drug-likeness (QED) is 0.254. The first-order chi connectivity index (χ1) is 15.9. The molecule has 0 amide bonds. The van der Waals surface area contributed by atoms with Crippen LogP contribution < -0.4 is 0 Å². The van der Waals surface area contributed by atoms with Crippen LogP contribution in [0.1, 0.15) is 78.7 Å². The molecule has 0 bridgehead atoms. The van der Waals surface area contributed by atoms with Gasteiger partial charge in [0.1, 0.15) is 11.9 Å². The first kappa shape index (κ1) is 26.1. The summed E-state index contributed by atoms with van der Waals surface area (Å²) in [5.74, 6) is 0.105. The van der Waals surface area contributed by atoms with Crippen LogP contribution in [-0.2, 0) is 14.3 Å². The first-order valence-corrected chi connectivity index (χ1v) is 12.5. The van der Waals surface area contributed by atoms with E-state index in [-0.39, 0.29) is 41.0 Å². The van der Waals surface area contributed by atoms with E-state index in [0.29, 0.717) is 11.8 Å². The Labute approximate surface area is 203 Å². The van der Waals surface area contributed by atoms with Crippen LogP contribution in [0.3, 0.4) is 0 Å². The van der Waals surface area contributed by atoms with E-state index >= 15 is 0 Å². The molecule has 5 nitrogen and oxygen atoms in total. The van der Waals surface area contributed by atoms with Gasteiger partial charge in [-0.05, 0) is 86.0 Å². The summed E-state index contributed by atoms with van der Waals surface area (Å²) >= 11 is 0. The van der Waals surface area contributed by atoms with Gasteiger partial charge in [0.15, 0.2) is 0 Å². The molecular weight excluding hydrogens is 428 g/mol. The third kappa shape index (κ3) is 5.73. The molecule has 0 saturated heterocycles. The van der Waals surface area contributed by atoms with Crippen molar-refractivity contribution in [3.8, 4) is 5.75 Å². The van der Waals surface area contributed by atoms with Crippen molar-refractivity contribution < 1.29 is 24.5 Å². The molecule has 2 aliphatic rings. The highest BCUT2D eigenvalue weighted by molar-refractivity contribution is 5.87. The van der Waals surface area contributed by atoms with E-state index in [9.17, 15) is 14.7 Å². The lowest BCUT2D eigenvalue weighted by molar-refractivity contribution is -0.169. The second-order valence-corrected chi connectivity index (χ2v) is 11.3. The zero-order valence-corrected chi connectivity index (χ0v) is 21.2. The molecule has 1 fully saturated rings. The van der Waals surface area contributed by atoms with Gasteiger partial charge in [0.05, 0.1) is 0 Å². The highest BCUT2D eigenvalue weighted by Gasteiger charge is 2.56. The number of benzene rings is 1. The highest BCUT2D eigenvalue weighted by Crippen LogP contribution is 2.61. The number of ether oxygens (including phenoxy) is 1. The third-order valence-electron chi connectivity index (χ3n) is 8.53. The molecule has 1 saturated carbocycles. The molecule has 0 spiro atoms. The first-order valence-electron chi connectivity index (χ1n) is 12.5. The van der Waals surface area contributed by atoms with Gasteiger partial charge in [-0.3, -0.25) is 4.79 Å². The van der Waals surface area contributed by atoms with E-state index < -0.39 is 5.97 Å². The van der Waals surface area contributed by atoms with Crippen molar-refractivity contribution in [3.05, 3.63) is 47.6 Å². The number of hydrogen-bond donors (Lipinski definition) is 2. The largest absolute Gasteiger partial charge is 0.508 e. The maximum Gasteiger partial charge on any atom is 0.331 e. The standard InChI is InChI=1S/C29H40O5/c1-19(18-26(31)32)6-13-23-20(2)7-14-24-28(3,4)25(16-17-29(23,24)5)34-27(33)15-10-21-8-11-22(30)12-9-21/h7-12,15,19,23-25,30H,6,13-14,16-18H2,1-5H3,(H,31,32). The zero-order valence-electron chi connectivity index (χ0n) is 21.2. The van der Waals surface area contributed by atoms with E-state index in [1.807, 2.05) is 6.92 Å². The Morgan fingerprint density at radius 1 is 1.21 bits per heavy atom. The lowest BCUT2D eigenvalue weighted by atomic mass is 9.47. The molecule has 2 aliphatic carbocycles. The molecule has 186 valence electrons. The summed E-state index contributed by atoms with van der Waals surface area (Å²) in [7, 11) is 0. The molecule has 0 radical (unpaired) electrons. The van der Waals surface area contributed by atoms with Gasteiger partial charge in [-0.25, -0.2) is 4.79 Å². The molecule has 5 unspecified atom stereocenters. The Morgan fingerprint density at radius 2 is 1.88 bits per heavy atom. The minimum absolute atomic E-state index is 0.107. The third-order valence-corrected chi connectivity index (χ3v) is 8.53. The van der Waals surface area contributed by atoms with E-state index in [0.717, 1.165) is 37.7 Å². The van der Waals surface area contributed by atoms with E-state index in [4.69, 9.17) is 9.84 Å². The molecule has 1 aromatic rings. The zero-order chi connectivity index (χ0) is 25.1. The Morgan fingerprint density at radius 3 is 2.53 bits per heavy atom. The maximum atomic E-state index is 12.6. The van der Waals surface area contributed by atoms with Gasteiger partial charge < -0.3 is 14.9 Å².